The van der Waals surface area contributed by atoms with Crippen LogP contribution in [0.25, 0.3) is 0 Å². The third-order valence-corrected chi connectivity index (χ3v) is 0.412. The van der Waals surface area contributed by atoms with Crippen molar-refractivity contribution in [1.29, 1.82) is 0 Å². The predicted molar refractivity (Wildman–Crippen MR) is 35.6 cm³/mol. The maximum absolute atomic E-state index is 9.73. The van der Waals surface area contributed by atoms with Gasteiger partial charge in [-0.25, -0.2) is 4.79 Å². The molecule has 0 aliphatic carbocycles. The summed E-state index contributed by atoms with van der Waals surface area (Å²) in [5.74, 6) is -0.875. The molecule has 0 aliphatic heterocycles. The molecule has 1 N–H and O–H groups in total. The molecule has 0 rings (SSSR count). The van der Waals surface area contributed by atoms with Crippen LogP contribution in [0.4, 0.5) is 0 Å². The van der Waals surface area contributed by atoms with Crippen LogP contribution in [0.2, 0.25) is 0 Å². The third kappa shape index (κ3) is 9.69. The summed E-state index contributed by atoms with van der Waals surface area (Å²) in [5.41, 5.74) is 0.813. The zero-order valence-corrected chi connectivity index (χ0v) is 4.43. The summed E-state index contributed by atoms with van der Waals surface area (Å²) in [6.45, 7) is 3.49. The summed E-state index contributed by atoms with van der Waals surface area (Å²) in [4.78, 5) is 9.73. The first-order chi connectivity index (χ1) is 3.13. The van der Waals surface area contributed by atoms with Crippen LogP contribution in [0.3, 0.4) is 0 Å². The quantitative estimate of drug-likeness (QED) is 0.417. The second-order valence-electron chi connectivity index (χ2n) is 1.56. The van der Waals surface area contributed by atoms with Gasteiger partial charge in [0, 0.05) is 6.08 Å². The number of carboxylic acid groups (broad SMARTS) is 1. The van der Waals surface area contributed by atoms with E-state index in [-0.39, 0.29) is 37.7 Å². The van der Waals surface area contributed by atoms with E-state index >= 15 is 0 Å². The van der Waals surface area contributed by atoms with Crippen LogP contribution in [0.1, 0.15) is 13.8 Å². The molecule has 0 saturated heterocycles. The van der Waals surface area contributed by atoms with Gasteiger partial charge in [0.2, 0.25) is 0 Å². The van der Waals surface area contributed by atoms with Crippen LogP contribution >= 0.6 is 0 Å². The molecule has 0 fully saturated rings. The van der Waals surface area contributed by atoms with E-state index in [9.17, 15) is 4.79 Å². The molecule has 3 heteroatoms. The van der Waals surface area contributed by atoms with Gasteiger partial charge in [0.1, 0.15) is 0 Å². The van der Waals surface area contributed by atoms with E-state index in [0.29, 0.717) is 0 Å². The molecule has 2 nitrogen and oxygen atoms in total. The molecule has 0 saturated carbocycles. The summed E-state index contributed by atoms with van der Waals surface area (Å²) in [6.07, 6.45) is 1.17. The van der Waals surface area contributed by atoms with Crippen molar-refractivity contribution >= 4 is 43.7 Å². The summed E-state index contributed by atoms with van der Waals surface area (Å²) < 4.78 is 0. The first kappa shape index (κ1) is 11.3. The average Bonchev–Trinajstić information content (AvgIpc) is 1.27. The fraction of sp³-hybridized carbons (Fsp3) is 0.400. The van der Waals surface area contributed by atoms with Gasteiger partial charge in [-0.1, -0.05) is 5.57 Å². The van der Waals surface area contributed by atoms with Crippen molar-refractivity contribution in [2.24, 2.45) is 0 Å². The molecule has 8 heavy (non-hydrogen) atoms. The van der Waals surface area contributed by atoms with Gasteiger partial charge in [0.15, 0.2) is 0 Å². The van der Waals surface area contributed by atoms with Crippen LogP contribution in [0.15, 0.2) is 11.6 Å². The molecule has 0 atom stereocenters. The van der Waals surface area contributed by atoms with E-state index in [1.165, 1.54) is 6.08 Å². The van der Waals surface area contributed by atoms with Crippen LogP contribution in [-0.4, -0.2) is 48.8 Å². The van der Waals surface area contributed by atoms with Crippen molar-refractivity contribution < 1.29 is 9.90 Å². The number of carbonyl (C=O) groups is 1. The maximum atomic E-state index is 9.73. The van der Waals surface area contributed by atoms with Gasteiger partial charge in [0.25, 0.3) is 0 Å². The van der Waals surface area contributed by atoms with Crippen LogP contribution in [0.5, 0.6) is 0 Å². The SMILES string of the molecule is CC(C)=CC(=O)O.[CaH2]. The molecule has 0 heterocycles. The Kier molecular flexibility index (Phi) is 7.91. The van der Waals surface area contributed by atoms with E-state index in [1.807, 2.05) is 0 Å². The number of rotatable bonds is 1. The topological polar surface area (TPSA) is 37.3 Å². The van der Waals surface area contributed by atoms with Crippen LogP contribution < -0.4 is 0 Å². The van der Waals surface area contributed by atoms with Gasteiger partial charge in [-0.2, -0.15) is 0 Å². The van der Waals surface area contributed by atoms with Gasteiger partial charge in [-0.15, -0.1) is 0 Å². The first-order valence-corrected chi connectivity index (χ1v) is 2.01. The number of hydrogen-bond donors (Lipinski definition) is 1. The van der Waals surface area contributed by atoms with E-state index in [1.54, 1.807) is 13.8 Å². The molecule has 0 radical (unpaired) electrons. The molecule has 0 bridgehead atoms. The number of aliphatic carboxylic acids is 1. The normalized spacial score (nSPS) is 6.75. The molecule has 0 unspecified atom stereocenters. The van der Waals surface area contributed by atoms with Gasteiger partial charge in [0.05, 0.1) is 0 Å². The summed E-state index contributed by atoms with van der Waals surface area (Å²) in [7, 11) is 0. The Hall–Kier alpha value is 0.470. The third-order valence-electron chi connectivity index (χ3n) is 0.412. The average molecular weight is 142 g/mol. The van der Waals surface area contributed by atoms with Crippen molar-refractivity contribution in [2.45, 2.75) is 13.8 Å². The zero-order chi connectivity index (χ0) is 5.86. The van der Waals surface area contributed by atoms with Crippen molar-refractivity contribution in [3.8, 4) is 0 Å². The van der Waals surface area contributed by atoms with Crippen molar-refractivity contribution in [3.63, 3.8) is 0 Å². The molecular formula is C5H10CaO2. The fourth-order valence-corrected chi connectivity index (χ4v) is 0.247. The molecule has 0 aromatic carbocycles. The number of allylic oxidation sites excluding steroid dienone is 1. The number of carboxylic acids is 1. The van der Waals surface area contributed by atoms with Crippen molar-refractivity contribution in [3.05, 3.63) is 11.6 Å². The fourth-order valence-electron chi connectivity index (χ4n) is 0.247. The van der Waals surface area contributed by atoms with E-state index in [4.69, 9.17) is 5.11 Å². The van der Waals surface area contributed by atoms with Crippen molar-refractivity contribution in [1.82, 2.24) is 0 Å². The Balaban J connectivity index is 0. The Morgan fingerprint density at radius 2 is 1.88 bits per heavy atom. The van der Waals surface area contributed by atoms with Gasteiger partial charge in [-0.3, -0.25) is 0 Å². The molecule has 0 aromatic rings. The monoisotopic (exact) mass is 142 g/mol. The van der Waals surface area contributed by atoms with Crippen molar-refractivity contribution in [2.75, 3.05) is 0 Å². The van der Waals surface area contributed by atoms with E-state index < -0.39 is 5.97 Å². The van der Waals surface area contributed by atoms with Gasteiger partial charge < -0.3 is 5.11 Å². The second-order valence-corrected chi connectivity index (χ2v) is 1.56. The van der Waals surface area contributed by atoms with Crippen LogP contribution in [0, 0.1) is 0 Å². The minimum atomic E-state index is -0.875. The Morgan fingerprint density at radius 1 is 1.50 bits per heavy atom. The van der Waals surface area contributed by atoms with Gasteiger partial charge >= 0.3 is 43.7 Å². The molecule has 0 aromatic heterocycles. The Labute approximate surface area is 78.6 Å². The van der Waals surface area contributed by atoms with E-state index in [2.05, 4.69) is 0 Å². The summed E-state index contributed by atoms with van der Waals surface area (Å²) in [5, 5.41) is 8.01. The Morgan fingerprint density at radius 3 is 1.88 bits per heavy atom. The summed E-state index contributed by atoms with van der Waals surface area (Å²) >= 11 is 0. The molecule has 0 aliphatic rings. The molecule has 44 valence electrons. The predicted octanol–water partition coefficient (Wildman–Crippen LogP) is 0.121. The standard InChI is InChI=1S/C5H8O2.Ca.2H/c1-4(2)3-5(6)7;;;/h3H,1-2H3,(H,6,7);;;. The van der Waals surface area contributed by atoms with Gasteiger partial charge in [-0.05, 0) is 13.8 Å². The minimum absolute atomic E-state index is 0. The zero-order valence-electron chi connectivity index (χ0n) is 4.43. The molecular weight excluding hydrogens is 132 g/mol. The Bertz CT molecular complexity index is 103. The summed E-state index contributed by atoms with van der Waals surface area (Å²) in [6, 6.07) is 0. The van der Waals surface area contributed by atoms with Crippen LogP contribution in [-0.2, 0) is 4.79 Å². The first-order valence-electron chi connectivity index (χ1n) is 2.01. The molecule has 0 amide bonds. The van der Waals surface area contributed by atoms with E-state index in [0.717, 1.165) is 5.57 Å². The second kappa shape index (κ2) is 5.60. The number of hydrogen-bond acceptors (Lipinski definition) is 1. The molecule has 0 spiro atoms.